The summed E-state index contributed by atoms with van der Waals surface area (Å²) in [5.41, 5.74) is 7.00. The summed E-state index contributed by atoms with van der Waals surface area (Å²) in [4.78, 5) is 0. The zero-order valence-electron chi connectivity index (χ0n) is 11.8. The van der Waals surface area contributed by atoms with Crippen molar-refractivity contribution >= 4 is 0 Å². The third kappa shape index (κ3) is 4.29. The molecule has 0 bridgehead atoms. The molecule has 1 unspecified atom stereocenters. The molecule has 2 nitrogen and oxygen atoms in total. The first-order chi connectivity index (χ1) is 9.11. The van der Waals surface area contributed by atoms with Crippen LogP contribution in [0.1, 0.15) is 44.6 Å². The van der Waals surface area contributed by atoms with Crippen molar-refractivity contribution < 1.29 is 4.39 Å². The summed E-state index contributed by atoms with van der Waals surface area (Å²) >= 11 is 0. The molecule has 3 heteroatoms. The second kappa shape index (κ2) is 6.49. The van der Waals surface area contributed by atoms with E-state index < -0.39 is 0 Å². The molecule has 1 aromatic carbocycles. The maximum absolute atomic E-state index is 12.9. The fraction of sp³-hybridized carbons (Fsp3) is 0.625. The highest BCUT2D eigenvalue weighted by molar-refractivity contribution is 5.19. The molecule has 19 heavy (non-hydrogen) atoms. The van der Waals surface area contributed by atoms with Crippen LogP contribution in [0.3, 0.4) is 0 Å². The highest BCUT2D eigenvalue weighted by atomic mass is 19.1. The third-order valence-electron chi connectivity index (χ3n) is 4.12. The van der Waals surface area contributed by atoms with Gasteiger partial charge in [0.15, 0.2) is 0 Å². The molecule has 1 aliphatic carbocycles. The standard InChI is InChI=1S/C16H25FN2/c1-16(12-18,19-15-5-3-2-4-6-15)11-13-7-9-14(17)10-8-13/h7-10,15,19H,2-6,11-12,18H2,1H3. The summed E-state index contributed by atoms with van der Waals surface area (Å²) in [6, 6.07) is 7.33. The topological polar surface area (TPSA) is 38.0 Å². The second-order valence-electron chi connectivity index (χ2n) is 6.05. The van der Waals surface area contributed by atoms with Gasteiger partial charge >= 0.3 is 0 Å². The summed E-state index contributed by atoms with van der Waals surface area (Å²) in [6.45, 7) is 2.77. The summed E-state index contributed by atoms with van der Waals surface area (Å²) in [7, 11) is 0. The Morgan fingerprint density at radius 1 is 1.21 bits per heavy atom. The van der Waals surface area contributed by atoms with Crippen molar-refractivity contribution in [1.82, 2.24) is 5.32 Å². The summed E-state index contributed by atoms with van der Waals surface area (Å²) in [5.74, 6) is -0.182. The molecule has 1 aliphatic rings. The van der Waals surface area contributed by atoms with E-state index in [1.165, 1.54) is 44.2 Å². The van der Waals surface area contributed by atoms with E-state index in [9.17, 15) is 4.39 Å². The van der Waals surface area contributed by atoms with Gasteiger partial charge in [-0.15, -0.1) is 0 Å². The monoisotopic (exact) mass is 264 g/mol. The predicted octanol–water partition coefficient (Wildman–Crippen LogP) is 3.01. The molecule has 0 aromatic heterocycles. The maximum atomic E-state index is 12.9. The van der Waals surface area contributed by atoms with Crippen LogP contribution in [-0.2, 0) is 6.42 Å². The van der Waals surface area contributed by atoms with Crippen molar-refractivity contribution in [3.8, 4) is 0 Å². The van der Waals surface area contributed by atoms with E-state index in [0.717, 1.165) is 12.0 Å². The molecule has 1 saturated carbocycles. The summed E-state index contributed by atoms with van der Waals surface area (Å²) < 4.78 is 12.9. The molecule has 3 N–H and O–H groups in total. The zero-order chi connectivity index (χ0) is 13.7. The Bertz CT molecular complexity index is 384. The van der Waals surface area contributed by atoms with Gasteiger partial charge in [-0.25, -0.2) is 4.39 Å². The van der Waals surface area contributed by atoms with Gasteiger partial charge in [-0.2, -0.15) is 0 Å². The highest BCUT2D eigenvalue weighted by Crippen LogP contribution is 2.21. The second-order valence-corrected chi connectivity index (χ2v) is 6.05. The van der Waals surface area contributed by atoms with Crippen molar-refractivity contribution in [1.29, 1.82) is 0 Å². The van der Waals surface area contributed by atoms with Gasteiger partial charge in [0.1, 0.15) is 5.82 Å². The van der Waals surface area contributed by atoms with Gasteiger partial charge in [0.05, 0.1) is 0 Å². The molecule has 106 valence electrons. The van der Waals surface area contributed by atoms with Gasteiger partial charge in [-0.3, -0.25) is 0 Å². The maximum Gasteiger partial charge on any atom is 0.123 e. The van der Waals surface area contributed by atoms with E-state index in [-0.39, 0.29) is 11.4 Å². The molecule has 2 rings (SSSR count). The lowest BCUT2D eigenvalue weighted by molar-refractivity contribution is 0.266. The number of nitrogens with one attached hydrogen (secondary N) is 1. The van der Waals surface area contributed by atoms with Crippen LogP contribution >= 0.6 is 0 Å². The first-order valence-corrected chi connectivity index (χ1v) is 7.33. The van der Waals surface area contributed by atoms with E-state index in [0.29, 0.717) is 12.6 Å². The van der Waals surface area contributed by atoms with Gasteiger partial charge < -0.3 is 11.1 Å². The summed E-state index contributed by atoms with van der Waals surface area (Å²) in [6.07, 6.45) is 7.33. The van der Waals surface area contributed by atoms with Gasteiger partial charge in [0.25, 0.3) is 0 Å². The molecule has 0 heterocycles. The van der Waals surface area contributed by atoms with E-state index >= 15 is 0 Å². The fourth-order valence-corrected chi connectivity index (χ4v) is 2.97. The Hall–Kier alpha value is -0.930. The quantitative estimate of drug-likeness (QED) is 0.858. The summed E-state index contributed by atoms with van der Waals surface area (Å²) in [5, 5.41) is 3.73. The number of hydrogen-bond donors (Lipinski definition) is 2. The van der Waals surface area contributed by atoms with E-state index in [4.69, 9.17) is 5.73 Å². The molecule has 0 spiro atoms. The van der Waals surface area contributed by atoms with Gasteiger partial charge in [0.2, 0.25) is 0 Å². The first kappa shape index (κ1) is 14.5. The van der Waals surface area contributed by atoms with Crippen molar-refractivity contribution in [2.45, 2.75) is 57.0 Å². The molecule has 1 atom stereocenters. The molecular formula is C16H25FN2. The average molecular weight is 264 g/mol. The number of nitrogens with two attached hydrogens (primary N) is 1. The largest absolute Gasteiger partial charge is 0.329 e. The highest BCUT2D eigenvalue weighted by Gasteiger charge is 2.27. The van der Waals surface area contributed by atoms with Crippen LogP contribution in [0, 0.1) is 5.82 Å². The number of hydrogen-bond acceptors (Lipinski definition) is 2. The molecule has 1 aromatic rings. The molecule has 0 saturated heterocycles. The smallest absolute Gasteiger partial charge is 0.123 e. The van der Waals surface area contributed by atoms with Gasteiger partial charge in [-0.05, 0) is 43.9 Å². The zero-order valence-corrected chi connectivity index (χ0v) is 11.8. The lowest BCUT2D eigenvalue weighted by Crippen LogP contribution is -2.54. The first-order valence-electron chi connectivity index (χ1n) is 7.33. The van der Waals surface area contributed by atoms with Crippen molar-refractivity contribution in [3.05, 3.63) is 35.6 Å². The van der Waals surface area contributed by atoms with E-state index in [2.05, 4.69) is 12.2 Å². The van der Waals surface area contributed by atoms with Crippen molar-refractivity contribution in [2.75, 3.05) is 6.54 Å². The molecule has 0 amide bonds. The Morgan fingerprint density at radius 2 is 1.84 bits per heavy atom. The minimum atomic E-state index is -0.182. The minimum absolute atomic E-state index is 0.0974. The predicted molar refractivity (Wildman–Crippen MR) is 77.6 cm³/mol. The normalized spacial score (nSPS) is 20.2. The van der Waals surface area contributed by atoms with Gasteiger partial charge in [0, 0.05) is 18.1 Å². The number of rotatable bonds is 5. The van der Waals surface area contributed by atoms with Crippen molar-refractivity contribution in [2.24, 2.45) is 5.73 Å². The van der Waals surface area contributed by atoms with Gasteiger partial charge in [-0.1, -0.05) is 31.4 Å². The Morgan fingerprint density at radius 3 is 2.42 bits per heavy atom. The van der Waals surface area contributed by atoms with Crippen LogP contribution in [-0.4, -0.2) is 18.1 Å². The molecule has 1 fully saturated rings. The van der Waals surface area contributed by atoms with Crippen LogP contribution in [0.15, 0.2) is 24.3 Å². The molecule has 0 aliphatic heterocycles. The molecular weight excluding hydrogens is 239 g/mol. The lowest BCUT2D eigenvalue weighted by atomic mass is 9.88. The number of benzene rings is 1. The lowest BCUT2D eigenvalue weighted by Gasteiger charge is -2.36. The van der Waals surface area contributed by atoms with Crippen LogP contribution in [0.25, 0.3) is 0 Å². The minimum Gasteiger partial charge on any atom is -0.329 e. The average Bonchev–Trinajstić information content (AvgIpc) is 2.42. The number of halogens is 1. The molecule has 0 radical (unpaired) electrons. The van der Waals surface area contributed by atoms with Crippen molar-refractivity contribution in [3.63, 3.8) is 0 Å². The Kier molecular flexibility index (Phi) is 4.94. The third-order valence-corrected chi connectivity index (χ3v) is 4.12. The van der Waals surface area contributed by atoms with E-state index in [1.807, 2.05) is 12.1 Å². The van der Waals surface area contributed by atoms with Crippen LogP contribution in [0.2, 0.25) is 0 Å². The Balaban J connectivity index is 1.98. The Labute approximate surface area is 115 Å². The van der Waals surface area contributed by atoms with Crippen LogP contribution < -0.4 is 11.1 Å². The van der Waals surface area contributed by atoms with E-state index in [1.54, 1.807) is 0 Å². The fourth-order valence-electron chi connectivity index (χ4n) is 2.97. The van der Waals surface area contributed by atoms with Crippen LogP contribution in [0.5, 0.6) is 0 Å². The van der Waals surface area contributed by atoms with Crippen LogP contribution in [0.4, 0.5) is 4.39 Å². The SMILES string of the molecule is CC(CN)(Cc1ccc(F)cc1)NC1CCCCC1.